The average Bonchev–Trinajstić information content (AvgIpc) is 2.37. The zero-order valence-corrected chi connectivity index (χ0v) is 9.20. The van der Waals surface area contributed by atoms with Crippen LogP contribution in [-0.2, 0) is 14.6 Å². The van der Waals surface area contributed by atoms with Crippen LogP contribution in [0.3, 0.4) is 0 Å². The van der Waals surface area contributed by atoms with Gasteiger partial charge < -0.3 is 10.8 Å². The first-order valence-corrected chi connectivity index (χ1v) is 6.39. The van der Waals surface area contributed by atoms with Crippen LogP contribution in [0.15, 0.2) is 23.1 Å². The predicted molar refractivity (Wildman–Crippen MR) is 57.9 cm³/mol. The maximum atomic E-state index is 11.7. The van der Waals surface area contributed by atoms with Gasteiger partial charge in [0.2, 0.25) is 0 Å². The quantitative estimate of drug-likeness (QED) is 0.739. The van der Waals surface area contributed by atoms with E-state index in [1.807, 2.05) is 0 Å². The van der Waals surface area contributed by atoms with Gasteiger partial charge in [-0.15, -0.1) is 0 Å². The van der Waals surface area contributed by atoms with Crippen molar-refractivity contribution < 1.29 is 18.3 Å². The van der Waals surface area contributed by atoms with Crippen molar-refractivity contribution in [1.82, 2.24) is 0 Å². The Hall–Kier alpha value is -1.56. The molecule has 5 nitrogen and oxygen atoms in total. The molecule has 1 aromatic carbocycles. The highest BCUT2D eigenvalue weighted by atomic mass is 32.2. The van der Waals surface area contributed by atoms with Crippen LogP contribution in [0, 0.1) is 0 Å². The minimum Gasteiger partial charge on any atom is -0.481 e. The number of carbonyl (C=O) groups is 1. The van der Waals surface area contributed by atoms with Gasteiger partial charge in [0.05, 0.1) is 17.1 Å². The topological polar surface area (TPSA) is 97.5 Å². The number of benzene rings is 1. The molecule has 0 radical (unpaired) electrons. The summed E-state index contributed by atoms with van der Waals surface area (Å²) in [6.45, 7) is 0. The molecule has 6 heteroatoms. The van der Waals surface area contributed by atoms with Gasteiger partial charge in [0.15, 0.2) is 9.84 Å². The van der Waals surface area contributed by atoms with E-state index in [9.17, 15) is 13.2 Å². The molecule has 1 aliphatic heterocycles. The highest BCUT2D eigenvalue weighted by Crippen LogP contribution is 2.37. The van der Waals surface area contributed by atoms with Crippen LogP contribution in [0.2, 0.25) is 0 Å². The van der Waals surface area contributed by atoms with E-state index in [2.05, 4.69) is 0 Å². The fourth-order valence-corrected chi connectivity index (χ4v) is 3.90. The number of hydrogen-bond acceptors (Lipinski definition) is 4. The number of carboxylic acids is 1. The molecule has 1 aliphatic rings. The van der Waals surface area contributed by atoms with Crippen molar-refractivity contribution in [3.8, 4) is 0 Å². The molecule has 16 heavy (non-hydrogen) atoms. The lowest BCUT2D eigenvalue weighted by atomic mass is 9.98. The molecular formula is C10H11NO4S. The zero-order valence-electron chi connectivity index (χ0n) is 8.38. The number of sulfone groups is 1. The third-order valence-corrected chi connectivity index (χ3v) is 4.52. The number of aliphatic carboxylic acids is 1. The van der Waals surface area contributed by atoms with Gasteiger partial charge in [-0.2, -0.15) is 0 Å². The number of nitrogen functional groups attached to an aromatic ring is 1. The smallest absolute Gasteiger partial charge is 0.303 e. The first-order valence-electron chi connectivity index (χ1n) is 4.74. The minimum absolute atomic E-state index is 0.141. The van der Waals surface area contributed by atoms with Crippen molar-refractivity contribution in [3.63, 3.8) is 0 Å². The van der Waals surface area contributed by atoms with E-state index >= 15 is 0 Å². The van der Waals surface area contributed by atoms with Crippen LogP contribution < -0.4 is 5.73 Å². The molecule has 1 aromatic rings. The Bertz CT molecular complexity index is 550. The molecule has 86 valence electrons. The second kappa shape index (κ2) is 3.48. The minimum atomic E-state index is -3.37. The predicted octanol–water partition coefficient (Wildman–Crippen LogP) is 0.614. The van der Waals surface area contributed by atoms with E-state index in [0.717, 1.165) is 0 Å². The van der Waals surface area contributed by atoms with Crippen LogP contribution in [0.1, 0.15) is 17.9 Å². The van der Waals surface area contributed by atoms with Crippen molar-refractivity contribution in [2.24, 2.45) is 0 Å². The van der Waals surface area contributed by atoms with E-state index in [1.165, 1.54) is 6.07 Å². The third-order valence-electron chi connectivity index (χ3n) is 2.65. The number of fused-ring (bicyclic) bond motifs is 1. The largest absolute Gasteiger partial charge is 0.481 e. The van der Waals surface area contributed by atoms with Gasteiger partial charge in [0.1, 0.15) is 0 Å². The van der Waals surface area contributed by atoms with Gasteiger partial charge in [0.25, 0.3) is 0 Å². The maximum absolute atomic E-state index is 11.7. The third kappa shape index (κ3) is 1.76. The molecule has 0 fully saturated rings. The van der Waals surface area contributed by atoms with Crippen LogP contribution in [0.4, 0.5) is 5.69 Å². The van der Waals surface area contributed by atoms with Crippen molar-refractivity contribution in [1.29, 1.82) is 0 Å². The Morgan fingerprint density at radius 1 is 1.50 bits per heavy atom. The molecule has 2 rings (SSSR count). The Labute approximate surface area is 92.8 Å². The summed E-state index contributed by atoms with van der Waals surface area (Å²) in [4.78, 5) is 10.8. The Morgan fingerprint density at radius 2 is 2.19 bits per heavy atom. The second-order valence-corrected chi connectivity index (χ2v) is 5.88. The Morgan fingerprint density at radius 3 is 2.81 bits per heavy atom. The fraction of sp³-hybridized carbons (Fsp3) is 0.300. The summed E-state index contributed by atoms with van der Waals surface area (Å²) >= 11 is 0. The van der Waals surface area contributed by atoms with Crippen LogP contribution in [0.25, 0.3) is 0 Å². The van der Waals surface area contributed by atoms with Crippen molar-refractivity contribution in [2.75, 3.05) is 11.5 Å². The summed E-state index contributed by atoms with van der Waals surface area (Å²) in [7, 11) is -3.37. The van der Waals surface area contributed by atoms with Gasteiger partial charge in [-0.05, 0) is 17.7 Å². The van der Waals surface area contributed by atoms with E-state index in [4.69, 9.17) is 10.8 Å². The number of rotatable bonds is 2. The molecule has 1 atom stereocenters. The second-order valence-electron chi connectivity index (χ2n) is 3.87. The standard InChI is InChI=1S/C10H11NO4S/c11-7-1-2-8-6(3-10(12)13)5-16(14,15)9(8)4-7/h1-2,4,6H,3,5,11H2,(H,12,13). The highest BCUT2D eigenvalue weighted by molar-refractivity contribution is 7.91. The maximum Gasteiger partial charge on any atom is 0.303 e. The molecule has 0 spiro atoms. The molecule has 1 unspecified atom stereocenters. The Kier molecular flexibility index (Phi) is 2.38. The molecular weight excluding hydrogens is 230 g/mol. The van der Waals surface area contributed by atoms with Crippen molar-refractivity contribution in [3.05, 3.63) is 23.8 Å². The molecule has 0 saturated carbocycles. The van der Waals surface area contributed by atoms with Gasteiger partial charge >= 0.3 is 5.97 Å². The van der Waals surface area contributed by atoms with Gasteiger partial charge in [-0.3, -0.25) is 4.79 Å². The van der Waals surface area contributed by atoms with E-state index < -0.39 is 21.7 Å². The van der Waals surface area contributed by atoms with Crippen LogP contribution >= 0.6 is 0 Å². The summed E-state index contributed by atoms with van der Waals surface area (Å²) in [5, 5.41) is 8.70. The molecule has 0 aliphatic carbocycles. The van der Waals surface area contributed by atoms with Crippen LogP contribution in [0.5, 0.6) is 0 Å². The highest BCUT2D eigenvalue weighted by Gasteiger charge is 2.35. The van der Waals surface area contributed by atoms with Crippen LogP contribution in [-0.4, -0.2) is 25.2 Å². The normalized spacial score (nSPS) is 21.6. The summed E-state index contributed by atoms with van der Waals surface area (Å²) in [5.41, 5.74) is 6.46. The molecule has 3 N–H and O–H groups in total. The number of nitrogens with two attached hydrogens (primary N) is 1. The van der Waals surface area contributed by atoms with Crippen molar-refractivity contribution >= 4 is 21.5 Å². The zero-order chi connectivity index (χ0) is 11.9. The van der Waals surface area contributed by atoms with Crippen molar-refractivity contribution in [2.45, 2.75) is 17.2 Å². The van der Waals surface area contributed by atoms with Gasteiger partial charge in [0, 0.05) is 11.6 Å². The monoisotopic (exact) mass is 241 g/mol. The van der Waals surface area contributed by atoms with Gasteiger partial charge in [-0.1, -0.05) is 6.07 Å². The molecule has 0 saturated heterocycles. The molecule has 0 amide bonds. The lowest BCUT2D eigenvalue weighted by molar-refractivity contribution is -0.137. The summed E-state index contributed by atoms with van der Waals surface area (Å²) in [6, 6.07) is 4.59. The fourth-order valence-electron chi connectivity index (χ4n) is 1.98. The first kappa shape index (κ1) is 10.9. The summed E-state index contributed by atoms with van der Waals surface area (Å²) < 4.78 is 23.5. The van der Waals surface area contributed by atoms with E-state index in [1.54, 1.807) is 12.1 Å². The number of hydrogen-bond donors (Lipinski definition) is 2. The lowest BCUT2D eigenvalue weighted by Gasteiger charge is -2.05. The average molecular weight is 241 g/mol. The molecule has 0 aromatic heterocycles. The SMILES string of the molecule is Nc1ccc2c(c1)S(=O)(=O)CC2CC(=O)O. The lowest BCUT2D eigenvalue weighted by Crippen LogP contribution is -2.08. The van der Waals surface area contributed by atoms with E-state index in [-0.39, 0.29) is 17.1 Å². The van der Waals surface area contributed by atoms with Gasteiger partial charge in [-0.25, -0.2) is 8.42 Å². The molecule has 0 bridgehead atoms. The van der Waals surface area contributed by atoms with E-state index in [0.29, 0.717) is 11.3 Å². The first-order chi connectivity index (χ1) is 7.40. The summed E-state index contributed by atoms with van der Waals surface area (Å²) in [6.07, 6.45) is -0.170. The number of anilines is 1. The summed E-state index contributed by atoms with van der Waals surface area (Å²) in [5.74, 6) is -1.60. The Balaban J connectivity index is 2.51. The number of carboxylic acid groups (broad SMARTS) is 1. The molecule has 1 heterocycles.